The first-order valence-corrected chi connectivity index (χ1v) is 26.3. The fourth-order valence-corrected chi connectivity index (χ4v) is 7.15. The van der Waals surface area contributed by atoms with Gasteiger partial charge in [0.15, 0.2) is 0 Å². The molecule has 3 unspecified atom stereocenters. The quantitative estimate of drug-likeness (QED) is 0.0321. The first-order valence-electron chi connectivity index (χ1n) is 26.3. The molecule has 0 radical (unpaired) electrons. The van der Waals surface area contributed by atoms with Gasteiger partial charge >= 0.3 is 5.97 Å². The molecule has 0 saturated carbocycles. The van der Waals surface area contributed by atoms with E-state index in [-0.39, 0.29) is 31.3 Å². The SMILES string of the molecule is CC/C=C\C/C=C\C/C=C\C/C=C\C/C=C\CC(CC(=O)NC(CO)C(O)CCCCCCCCCCCCCCCCC)OC(=O)CC/C=C/C/C=C/C/C=C/C/C=C/C/C=C/CC. The smallest absolute Gasteiger partial charge is 0.306 e. The molecule has 6 nitrogen and oxygen atoms in total. The Morgan fingerprint density at radius 3 is 1.22 bits per heavy atom. The number of hydrogen-bond donors (Lipinski definition) is 3. The van der Waals surface area contributed by atoms with Gasteiger partial charge in [-0.3, -0.25) is 9.59 Å². The van der Waals surface area contributed by atoms with E-state index in [9.17, 15) is 19.8 Å². The number of allylic oxidation sites excluding steroid dienone is 19. The lowest BCUT2D eigenvalue weighted by molar-refractivity contribution is -0.150. The van der Waals surface area contributed by atoms with E-state index < -0.39 is 18.2 Å². The number of esters is 1. The molecule has 0 aromatic carbocycles. The molecule has 0 aliphatic rings. The van der Waals surface area contributed by atoms with Crippen LogP contribution in [-0.2, 0) is 14.3 Å². The summed E-state index contributed by atoms with van der Waals surface area (Å²) in [4.78, 5) is 26.1. The van der Waals surface area contributed by atoms with Crippen molar-refractivity contribution in [2.45, 2.75) is 232 Å². The molecule has 368 valence electrons. The van der Waals surface area contributed by atoms with Crippen LogP contribution in [0.3, 0.4) is 0 Å². The van der Waals surface area contributed by atoms with Crippen molar-refractivity contribution in [1.82, 2.24) is 5.32 Å². The van der Waals surface area contributed by atoms with Gasteiger partial charge in [0, 0.05) is 12.8 Å². The maximum Gasteiger partial charge on any atom is 0.306 e. The molecule has 65 heavy (non-hydrogen) atoms. The van der Waals surface area contributed by atoms with Crippen molar-refractivity contribution in [3.63, 3.8) is 0 Å². The average molecular weight is 900 g/mol. The van der Waals surface area contributed by atoms with Crippen LogP contribution in [-0.4, -0.2) is 46.9 Å². The molecule has 0 saturated heterocycles. The molecule has 1 amide bonds. The monoisotopic (exact) mass is 900 g/mol. The first-order chi connectivity index (χ1) is 32.0. The summed E-state index contributed by atoms with van der Waals surface area (Å²) in [6, 6.07) is -0.755. The molecule has 0 rings (SSSR count). The number of aliphatic hydroxyl groups excluding tert-OH is 2. The predicted molar refractivity (Wildman–Crippen MR) is 282 cm³/mol. The molecular formula is C59H97NO5. The highest BCUT2D eigenvalue weighted by atomic mass is 16.5. The highest BCUT2D eigenvalue weighted by Gasteiger charge is 2.23. The molecule has 0 aromatic heterocycles. The van der Waals surface area contributed by atoms with Crippen LogP contribution in [0, 0.1) is 0 Å². The number of hydrogen-bond acceptors (Lipinski definition) is 5. The summed E-state index contributed by atoms with van der Waals surface area (Å²) in [5.74, 6) is -0.689. The number of ether oxygens (including phenoxy) is 1. The molecule has 0 bridgehead atoms. The number of carbonyl (C=O) groups excluding carboxylic acids is 2. The van der Waals surface area contributed by atoms with Gasteiger partial charge in [-0.15, -0.1) is 0 Å². The second kappa shape index (κ2) is 51.2. The van der Waals surface area contributed by atoms with Crippen LogP contribution in [0.15, 0.2) is 122 Å². The van der Waals surface area contributed by atoms with Gasteiger partial charge in [-0.05, 0) is 77.0 Å². The Morgan fingerprint density at radius 1 is 0.477 bits per heavy atom. The Balaban J connectivity index is 4.83. The standard InChI is InChI=1S/C59H97NO5/c1-4-7-10-13-16-19-22-25-28-31-34-37-40-43-46-49-52-59(64)65-55(50-47-44-41-38-35-32-29-26-23-20-17-14-11-8-5-2)53-58(63)60-56(54-61)57(62)51-48-45-42-39-36-33-30-27-24-21-18-15-12-9-6-3/h7-8,10-11,16-17,19-20,25-26,28-29,34-35,37-38,43-44,46-47,55-57,61-62H,4-6,9,12-15,18,21-24,27,30-33,36,39-42,45,48-54H2,1-3H3,(H,60,63)/b10-7+,11-8-,19-16+,20-17-,28-25+,29-26-,37-34+,38-35-,46-43+,47-44-. The Hall–Kier alpha value is -3.74. The van der Waals surface area contributed by atoms with E-state index in [1.54, 1.807) is 0 Å². The minimum absolute atomic E-state index is 0.0378. The fraction of sp³-hybridized carbons (Fsp3) is 0.627. The summed E-state index contributed by atoms with van der Waals surface area (Å²) in [6.45, 7) is 6.20. The molecule has 0 spiro atoms. The van der Waals surface area contributed by atoms with E-state index in [2.05, 4.69) is 129 Å². The molecule has 3 atom stereocenters. The van der Waals surface area contributed by atoms with E-state index >= 15 is 0 Å². The summed E-state index contributed by atoms with van der Waals surface area (Å²) in [5.41, 5.74) is 0. The van der Waals surface area contributed by atoms with Crippen molar-refractivity contribution in [1.29, 1.82) is 0 Å². The van der Waals surface area contributed by atoms with Gasteiger partial charge in [0.2, 0.25) is 5.91 Å². The predicted octanol–water partition coefficient (Wildman–Crippen LogP) is 16.1. The summed E-state index contributed by atoms with van der Waals surface area (Å²) in [5, 5.41) is 23.7. The number of carbonyl (C=O) groups is 2. The molecule has 0 aliphatic heterocycles. The second-order valence-electron chi connectivity index (χ2n) is 17.2. The van der Waals surface area contributed by atoms with Crippen LogP contribution in [0.1, 0.15) is 213 Å². The molecule has 0 fully saturated rings. The van der Waals surface area contributed by atoms with Crippen molar-refractivity contribution < 1.29 is 24.5 Å². The highest BCUT2D eigenvalue weighted by molar-refractivity contribution is 5.77. The third-order valence-electron chi connectivity index (χ3n) is 11.1. The maximum atomic E-state index is 13.2. The molecular weight excluding hydrogens is 803 g/mol. The lowest BCUT2D eigenvalue weighted by atomic mass is 10.0. The van der Waals surface area contributed by atoms with Crippen molar-refractivity contribution in [2.24, 2.45) is 0 Å². The Kier molecular flexibility index (Phi) is 48.3. The number of aliphatic hydroxyl groups is 2. The van der Waals surface area contributed by atoms with Crippen LogP contribution in [0.4, 0.5) is 0 Å². The summed E-state index contributed by atoms with van der Waals surface area (Å²) < 4.78 is 5.82. The van der Waals surface area contributed by atoms with Gasteiger partial charge in [0.1, 0.15) is 6.10 Å². The average Bonchev–Trinajstić information content (AvgIpc) is 3.30. The lowest BCUT2D eigenvalue weighted by Crippen LogP contribution is -2.46. The number of nitrogens with one attached hydrogen (secondary N) is 1. The van der Waals surface area contributed by atoms with Gasteiger partial charge in [-0.2, -0.15) is 0 Å². The zero-order valence-electron chi connectivity index (χ0n) is 41.8. The van der Waals surface area contributed by atoms with E-state index in [4.69, 9.17) is 4.74 Å². The van der Waals surface area contributed by atoms with Gasteiger partial charge in [0.25, 0.3) is 0 Å². The van der Waals surface area contributed by atoms with Crippen LogP contribution in [0.5, 0.6) is 0 Å². The van der Waals surface area contributed by atoms with E-state index in [1.807, 2.05) is 18.2 Å². The number of amides is 1. The molecule has 0 aromatic rings. The van der Waals surface area contributed by atoms with Gasteiger partial charge in [-0.1, -0.05) is 239 Å². The third-order valence-corrected chi connectivity index (χ3v) is 11.1. The van der Waals surface area contributed by atoms with Gasteiger partial charge in [0.05, 0.1) is 25.2 Å². The van der Waals surface area contributed by atoms with Crippen LogP contribution in [0.2, 0.25) is 0 Å². The zero-order chi connectivity index (χ0) is 47.4. The largest absolute Gasteiger partial charge is 0.461 e. The molecule has 6 heteroatoms. The lowest BCUT2D eigenvalue weighted by Gasteiger charge is -2.24. The zero-order valence-corrected chi connectivity index (χ0v) is 41.8. The Labute approximate surface area is 400 Å². The summed E-state index contributed by atoms with van der Waals surface area (Å²) in [7, 11) is 0. The van der Waals surface area contributed by atoms with Crippen LogP contribution in [0.25, 0.3) is 0 Å². The molecule has 3 N–H and O–H groups in total. The van der Waals surface area contributed by atoms with E-state index in [0.29, 0.717) is 19.3 Å². The third kappa shape index (κ3) is 46.6. The van der Waals surface area contributed by atoms with Gasteiger partial charge in [-0.25, -0.2) is 0 Å². The second-order valence-corrected chi connectivity index (χ2v) is 17.2. The normalized spacial score (nSPS) is 14.2. The van der Waals surface area contributed by atoms with Crippen molar-refractivity contribution in [2.75, 3.05) is 6.61 Å². The van der Waals surface area contributed by atoms with Crippen molar-refractivity contribution in [3.8, 4) is 0 Å². The molecule has 0 aliphatic carbocycles. The minimum Gasteiger partial charge on any atom is -0.461 e. The maximum absolute atomic E-state index is 13.2. The summed E-state index contributed by atoms with van der Waals surface area (Å²) in [6.07, 6.45) is 71.4. The van der Waals surface area contributed by atoms with Crippen molar-refractivity contribution in [3.05, 3.63) is 122 Å². The minimum atomic E-state index is -0.832. The number of unbranched alkanes of at least 4 members (excludes halogenated alkanes) is 14. The Bertz CT molecular complexity index is 1380. The van der Waals surface area contributed by atoms with Crippen LogP contribution < -0.4 is 5.32 Å². The van der Waals surface area contributed by atoms with Crippen molar-refractivity contribution >= 4 is 11.9 Å². The van der Waals surface area contributed by atoms with E-state index in [0.717, 1.165) is 83.5 Å². The Morgan fingerprint density at radius 2 is 0.831 bits per heavy atom. The fourth-order valence-electron chi connectivity index (χ4n) is 7.15. The first kappa shape index (κ1) is 61.3. The van der Waals surface area contributed by atoms with E-state index in [1.165, 1.54) is 77.0 Å². The van der Waals surface area contributed by atoms with Crippen LogP contribution >= 0.6 is 0 Å². The highest BCUT2D eigenvalue weighted by Crippen LogP contribution is 2.16. The topological polar surface area (TPSA) is 95.9 Å². The van der Waals surface area contributed by atoms with Gasteiger partial charge < -0.3 is 20.3 Å². The number of rotatable bonds is 45. The molecule has 0 heterocycles. The summed E-state index contributed by atoms with van der Waals surface area (Å²) >= 11 is 0.